The fourth-order valence-corrected chi connectivity index (χ4v) is 3.17. The van der Waals surface area contributed by atoms with E-state index in [9.17, 15) is 9.59 Å². The van der Waals surface area contributed by atoms with Crippen LogP contribution in [0.3, 0.4) is 0 Å². The molecule has 10 heteroatoms. The summed E-state index contributed by atoms with van der Waals surface area (Å²) in [6.07, 6.45) is 1.55. The Kier molecular flexibility index (Phi) is 6.85. The van der Waals surface area contributed by atoms with Gasteiger partial charge in [-0.05, 0) is 42.0 Å². The molecule has 28 heavy (non-hydrogen) atoms. The van der Waals surface area contributed by atoms with Crippen molar-refractivity contribution in [3.63, 3.8) is 0 Å². The van der Waals surface area contributed by atoms with Gasteiger partial charge < -0.3 is 0 Å². The van der Waals surface area contributed by atoms with E-state index in [1.807, 2.05) is 24.3 Å². The van der Waals surface area contributed by atoms with Gasteiger partial charge in [-0.2, -0.15) is 5.10 Å². The lowest BCUT2D eigenvalue weighted by Crippen LogP contribution is -2.19. The van der Waals surface area contributed by atoms with Crippen molar-refractivity contribution in [3.8, 4) is 0 Å². The summed E-state index contributed by atoms with van der Waals surface area (Å²) in [5.74, 6) is -0.664. The molecule has 2 N–H and O–H groups in total. The molecule has 7 nitrogen and oxygen atoms in total. The number of nitrogens with zero attached hydrogens (tertiary/aromatic N) is 3. The predicted molar refractivity (Wildman–Crippen MR) is 113 cm³/mol. The van der Waals surface area contributed by atoms with Crippen LogP contribution in [-0.2, 0) is 11.2 Å². The van der Waals surface area contributed by atoms with Crippen LogP contribution in [0.15, 0.2) is 58.1 Å². The van der Waals surface area contributed by atoms with Gasteiger partial charge >= 0.3 is 0 Å². The number of halogens is 2. The van der Waals surface area contributed by atoms with Crippen molar-refractivity contribution in [2.75, 3.05) is 5.32 Å². The highest BCUT2D eigenvalue weighted by molar-refractivity contribution is 9.10. The zero-order valence-electron chi connectivity index (χ0n) is 14.2. The largest absolute Gasteiger partial charge is 0.296 e. The van der Waals surface area contributed by atoms with Gasteiger partial charge in [-0.1, -0.05) is 51.0 Å². The highest BCUT2D eigenvalue weighted by atomic mass is 79.9. The fraction of sp³-hybridized carbons (Fsp3) is 0.0556. The van der Waals surface area contributed by atoms with Crippen molar-refractivity contribution in [1.29, 1.82) is 0 Å². The van der Waals surface area contributed by atoms with Crippen LogP contribution in [0.5, 0.6) is 0 Å². The van der Waals surface area contributed by atoms with Gasteiger partial charge in [-0.25, -0.2) is 5.43 Å². The first kappa shape index (κ1) is 20.1. The Morgan fingerprint density at radius 3 is 2.54 bits per heavy atom. The summed E-state index contributed by atoms with van der Waals surface area (Å²) in [5.41, 5.74) is 3.73. The molecule has 0 aliphatic carbocycles. The lowest BCUT2D eigenvalue weighted by atomic mass is 10.2. The van der Waals surface area contributed by atoms with E-state index in [0.717, 1.165) is 21.4 Å². The smallest absolute Gasteiger partial charge is 0.257 e. The second-order valence-corrected chi connectivity index (χ2v) is 7.90. The molecule has 2 amide bonds. The number of rotatable bonds is 6. The highest BCUT2D eigenvalue weighted by Gasteiger charge is 2.12. The van der Waals surface area contributed by atoms with Crippen molar-refractivity contribution in [2.24, 2.45) is 5.10 Å². The van der Waals surface area contributed by atoms with Crippen LogP contribution in [0.2, 0.25) is 5.02 Å². The molecule has 0 atom stereocenters. The number of benzene rings is 2. The molecule has 1 heterocycles. The Bertz CT molecular complexity index is 1010. The maximum atomic E-state index is 12.1. The normalized spacial score (nSPS) is 10.8. The van der Waals surface area contributed by atoms with Crippen LogP contribution in [0.4, 0.5) is 5.13 Å². The highest BCUT2D eigenvalue weighted by Crippen LogP contribution is 2.17. The summed E-state index contributed by atoms with van der Waals surface area (Å²) in [4.78, 5) is 24.1. The third-order valence-corrected chi connectivity index (χ3v) is 5.00. The minimum Gasteiger partial charge on any atom is -0.296 e. The molecule has 0 fully saturated rings. The zero-order valence-corrected chi connectivity index (χ0v) is 17.4. The molecule has 1 aromatic heterocycles. The summed E-state index contributed by atoms with van der Waals surface area (Å²) in [5, 5.41) is 15.6. The number of aromatic nitrogens is 2. The molecule has 0 saturated carbocycles. The number of hydrogen-bond acceptors (Lipinski definition) is 6. The molecule has 0 spiro atoms. The molecule has 2 aromatic carbocycles. The lowest BCUT2D eigenvalue weighted by Gasteiger charge is -2.00. The van der Waals surface area contributed by atoms with Gasteiger partial charge in [0.1, 0.15) is 5.01 Å². The Hall–Kier alpha value is -2.62. The van der Waals surface area contributed by atoms with Crippen molar-refractivity contribution in [2.45, 2.75) is 6.42 Å². The maximum absolute atomic E-state index is 12.1. The predicted octanol–water partition coefficient (Wildman–Crippen LogP) is 3.90. The van der Waals surface area contributed by atoms with Crippen LogP contribution in [0.1, 0.15) is 20.9 Å². The van der Waals surface area contributed by atoms with E-state index in [-0.39, 0.29) is 18.2 Å². The number of carbonyl (C=O) groups excluding carboxylic acids is 2. The molecular formula is C18H13BrClN5O2S. The zero-order chi connectivity index (χ0) is 19.9. The summed E-state index contributed by atoms with van der Waals surface area (Å²) in [6, 6.07) is 13.9. The number of hydrazone groups is 1. The van der Waals surface area contributed by atoms with Gasteiger partial charge in [0.15, 0.2) is 0 Å². The molecule has 0 saturated heterocycles. The van der Waals surface area contributed by atoms with E-state index in [0.29, 0.717) is 20.7 Å². The molecule has 142 valence electrons. The van der Waals surface area contributed by atoms with E-state index >= 15 is 0 Å². The molecule has 0 bridgehead atoms. The Morgan fingerprint density at radius 1 is 1.11 bits per heavy atom. The molecule has 3 rings (SSSR count). The average Bonchev–Trinajstić information content (AvgIpc) is 3.10. The third-order valence-electron chi connectivity index (χ3n) is 3.38. The minimum atomic E-state index is -0.333. The molecule has 0 aliphatic rings. The van der Waals surface area contributed by atoms with E-state index in [4.69, 9.17) is 11.6 Å². The van der Waals surface area contributed by atoms with Gasteiger partial charge in [0.25, 0.3) is 5.91 Å². The first-order valence-electron chi connectivity index (χ1n) is 7.96. The quantitative estimate of drug-likeness (QED) is 0.415. The van der Waals surface area contributed by atoms with Crippen LogP contribution in [0.25, 0.3) is 0 Å². The summed E-state index contributed by atoms with van der Waals surface area (Å²) in [7, 11) is 0. The third kappa shape index (κ3) is 5.95. The number of amides is 2. The Balaban J connectivity index is 1.50. The monoisotopic (exact) mass is 477 g/mol. The second kappa shape index (κ2) is 9.54. The molecule has 3 aromatic rings. The SMILES string of the molecule is O=C(Cc1nnc(NC(=O)c2ccc(Cl)cc2)s1)N/N=C\c1ccc(Br)cc1. The Morgan fingerprint density at radius 2 is 1.82 bits per heavy atom. The van der Waals surface area contributed by atoms with Crippen LogP contribution < -0.4 is 10.7 Å². The van der Waals surface area contributed by atoms with Gasteiger partial charge in [0.05, 0.1) is 12.6 Å². The minimum absolute atomic E-state index is 0.00611. The summed E-state index contributed by atoms with van der Waals surface area (Å²) >= 11 is 10.3. The van der Waals surface area contributed by atoms with Crippen molar-refractivity contribution >= 4 is 62.0 Å². The van der Waals surface area contributed by atoms with Crippen molar-refractivity contribution < 1.29 is 9.59 Å². The molecule has 0 unspecified atom stereocenters. The average molecular weight is 479 g/mol. The first-order chi connectivity index (χ1) is 13.5. The number of carbonyl (C=O) groups is 2. The van der Waals surface area contributed by atoms with E-state index in [2.05, 4.69) is 42.0 Å². The van der Waals surface area contributed by atoms with Gasteiger partial charge in [0.2, 0.25) is 11.0 Å². The van der Waals surface area contributed by atoms with Crippen LogP contribution >= 0.6 is 38.9 Å². The summed E-state index contributed by atoms with van der Waals surface area (Å²) in [6.45, 7) is 0. The Labute approximate surface area is 178 Å². The van der Waals surface area contributed by atoms with Crippen LogP contribution in [-0.4, -0.2) is 28.2 Å². The van der Waals surface area contributed by atoms with Gasteiger partial charge in [0, 0.05) is 15.1 Å². The fourth-order valence-electron chi connectivity index (χ4n) is 2.05. The second-order valence-electron chi connectivity index (χ2n) is 5.48. The van der Waals surface area contributed by atoms with E-state index < -0.39 is 0 Å². The summed E-state index contributed by atoms with van der Waals surface area (Å²) < 4.78 is 0.962. The maximum Gasteiger partial charge on any atom is 0.257 e. The van der Waals surface area contributed by atoms with Crippen LogP contribution in [0, 0.1) is 0 Å². The molecule has 0 aliphatic heterocycles. The number of hydrogen-bond donors (Lipinski definition) is 2. The molecule has 0 radical (unpaired) electrons. The first-order valence-corrected chi connectivity index (χ1v) is 9.95. The molecular weight excluding hydrogens is 466 g/mol. The van der Waals surface area contributed by atoms with Gasteiger partial charge in [-0.3, -0.25) is 14.9 Å². The topological polar surface area (TPSA) is 96.3 Å². The van der Waals surface area contributed by atoms with E-state index in [1.165, 1.54) is 0 Å². The van der Waals surface area contributed by atoms with E-state index in [1.54, 1.807) is 30.5 Å². The number of nitrogens with one attached hydrogen (secondary N) is 2. The van der Waals surface area contributed by atoms with Crippen molar-refractivity contribution in [1.82, 2.24) is 15.6 Å². The lowest BCUT2D eigenvalue weighted by molar-refractivity contribution is -0.120. The van der Waals surface area contributed by atoms with Gasteiger partial charge in [-0.15, -0.1) is 10.2 Å². The standard InChI is InChI=1S/C18H13BrClN5O2S/c19-13-5-1-11(2-6-13)10-21-23-15(26)9-16-24-25-18(28-16)22-17(27)12-3-7-14(20)8-4-12/h1-8,10H,9H2,(H,23,26)(H,22,25,27)/b21-10-. The van der Waals surface area contributed by atoms with Crippen molar-refractivity contribution in [3.05, 3.63) is 74.2 Å². The number of anilines is 1.